The second-order valence-corrected chi connectivity index (χ2v) is 8.44. The van der Waals surface area contributed by atoms with Gasteiger partial charge in [-0.25, -0.2) is 9.38 Å². The SMILES string of the molecule is COc1cccc(OCCCOc2ccc(/C=c3\sc4nc5ccccc5n4c3=O)cc2)c1. The predicted molar refractivity (Wildman–Crippen MR) is 131 cm³/mol. The van der Waals surface area contributed by atoms with Gasteiger partial charge in [-0.2, -0.15) is 0 Å². The van der Waals surface area contributed by atoms with Crippen LogP contribution in [0.15, 0.2) is 77.6 Å². The van der Waals surface area contributed by atoms with Crippen LogP contribution in [0.2, 0.25) is 0 Å². The molecule has 5 rings (SSSR count). The van der Waals surface area contributed by atoms with E-state index in [9.17, 15) is 4.79 Å². The van der Waals surface area contributed by atoms with Crippen molar-refractivity contribution in [2.24, 2.45) is 0 Å². The van der Waals surface area contributed by atoms with Crippen molar-refractivity contribution in [3.63, 3.8) is 0 Å². The van der Waals surface area contributed by atoms with E-state index >= 15 is 0 Å². The molecule has 0 aliphatic rings. The van der Waals surface area contributed by atoms with Gasteiger partial charge in [0.2, 0.25) is 0 Å². The summed E-state index contributed by atoms with van der Waals surface area (Å²) in [6.07, 6.45) is 2.65. The van der Waals surface area contributed by atoms with Crippen molar-refractivity contribution >= 4 is 33.4 Å². The van der Waals surface area contributed by atoms with Gasteiger partial charge in [0.25, 0.3) is 5.56 Å². The quantitative estimate of drug-likeness (QED) is 0.324. The molecular weight excluding hydrogens is 436 g/mol. The van der Waals surface area contributed by atoms with Crippen molar-refractivity contribution in [3.05, 3.63) is 93.2 Å². The number of hydrogen-bond acceptors (Lipinski definition) is 6. The molecule has 6 nitrogen and oxygen atoms in total. The molecule has 0 atom stereocenters. The summed E-state index contributed by atoms with van der Waals surface area (Å²) in [6, 6.07) is 22.9. The van der Waals surface area contributed by atoms with E-state index in [1.807, 2.05) is 78.9 Å². The van der Waals surface area contributed by atoms with E-state index in [2.05, 4.69) is 4.98 Å². The van der Waals surface area contributed by atoms with E-state index in [1.54, 1.807) is 11.5 Å². The van der Waals surface area contributed by atoms with E-state index in [4.69, 9.17) is 14.2 Å². The third-order valence-corrected chi connectivity index (χ3v) is 6.16. The van der Waals surface area contributed by atoms with Gasteiger partial charge in [0.15, 0.2) is 4.96 Å². The van der Waals surface area contributed by atoms with Gasteiger partial charge < -0.3 is 14.2 Å². The summed E-state index contributed by atoms with van der Waals surface area (Å²) < 4.78 is 19.1. The minimum absolute atomic E-state index is 0.0416. The Hall–Kier alpha value is -3.84. The van der Waals surface area contributed by atoms with Gasteiger partial charge in [0.05, 0.1) is 35.9 Å². The Morgan fingerprint density at radius 3 is 2.48 bits per heavy atom. The molecule has 2 heterocycles. The fourth-order valence-corrected chi connectivity index (χ4v) is 4.54. The first kappa shape index (κ1) is 21.0. The van der Waals surface area contributed by atoms with Gasteiger partial charge >= 0.3 is 0 Å². The van der Waals surface area contributed by atoms with Crippen LogP contribution in [-0.2, 0) is 0 Å². The number of fused-ring (bicyclic) bond motifs is 3. The third-order valence-electron chi connectivity index (χ3n) is 5.19. The third kappa shape index (κ3) is 4.54. The standard InChI is InChI=1S/C26H22N2O4S/c1-30-20-6-4-7-21(17-20)32-15-5-14-31-19-12-10-18(11-13-19)16-24-25(29)28-23-9-3-2-8-22(23)27-26(28)33-24/h2-4,6-13,16-17H,5,14-15H2,1H3/b24-16-. The maximum atomic E-state index is 12.9. The molecule has 0 aliphatic heterocycles. The van der Waals surface area contributed by atoms with E-state index < -0.39 is 0 Å². The number of methoxy groups -OCH3 is 1. The number of hydrogen-bond donors (Lipinski definition) is 0. The Morgan fingerprint density at radius 1 is 0.909 bits per heavy atom. The van der Waals surface area contributed by atoms with Gasteiger partial charge in [-0.1, -0.05) is 41.7 Å². The normalized spacial score (nSPS) is 11.8. The molecule has 0 saturated carbocycles. The summed E-state index contributed by atoms with van der Waals surface area (Å²) >= 11 is 1.40. The Morgan fingerprint density at radius 2 is 1.67 bits per heavy atom. The smallest absolute Gasteiger partial charge is 0.274 e. The highest BCUT2D eigenvalue weighted by Crippen LogP contribution is 2.19. The topological polar surface area (TPSA) is 62.1 Å². The van der Waals surface area contributed by atoms with Crippen LogP contribution in [0.5, 0.6) is 17.2 Å². The van der Waals surface area contributed by atoms with Gasteiger partial charge in [-0.3, -0.25) is 4.79 Å². The number of benzene rings is 3. The molecule has 0 N–H and O–H groups in total. The van der Waals surface area contributed by atoms with Crippen molar-refractivity contribution in [2.45, 2.75) is 6.42 Å². The number of rotatable bonds is 8. The number of aromatic nitrogens is 2. The highest BCUT2D eigenvalue weighted by molar-refractivity contribution is 7.15. The Balaban J connectivity index is 1.20. The number of nitrogens with zero attached hydrogens (tertiary/aromatic N) is 2. The predicted octanol–water partition coefficient (Wildman–Crippen LogP) is 4.31. The summed E-state index contributed by atoms with van der Waals surface area (Å²) in [7, 11) is 1.63. The van der Waals surface area contributed by atoms with Crippen molar-refractivity contribution in [2.75, 3.05) is 20.3 Å². The second kappa shape index (κ2) is 9.34. The van der Waals surface area contributed by atoms with Crippen LogP contribution < -0.4 is 24.3 Å². The fraction of sp³-hybridized carbons (Fsp3) is 0.154. The molecule has 166 valence electrons. The van der Waals surface area contributed by atoms with Crippen LogP contribution in [0.25, 0.3) is 22.1 Å². The van der Waals surface area contributed by atoms with Gasteiger partial charge in [-0.15, -0.1) is 0 Å². The number of imidazole rings is 1. The summed E-state index contributed by atoms with van der Waals surface area (Å²) in [6.45, 7) is 1.10. The van der Waals surface area contributed by atoms with Crippen molar-refractivity contribution in [1.82, 2.24) is 9.38 Å². The second-order valence-electron chi connectivity index (χ2n) is 7.43. The van der Waals surface area contributed by atoms with Crippen molar-refractivity contribution < 1.29 is 14.2 Å². The minimum Gasteiger partial charge on any atom is -0.497 e. The number of ether oxygens (including phenoxy) is 3. The highest BCUT2D eigenvalue weighted by Gasteiger charge is 2.10. The monoisotopic (exact) mass is 458 g/mol. The largest absolute Gasteiger partial charge is 0.497 e. The van der Waals surface area contributed by atoms with E-state index in [1.165, 1.54) is 11.3 Å². The Labute approximate surface area is 194 Å². The molecule has 0 radical (unpaired) electrons. The lowest BCUT2D eigenvalue weighted by molar-refractivity contribution is 0.247. The first-order valence-electron chi connectivity index (χ1n) is 10.6. The molecular formula is C26H22N2O4S. The van der Waals surface area contributed by atoms with Crippen LogP contribution in [0.1, 0.15) is 12.0 Å². The number of para-hydroxylation sites is 2. The van der Waals surface area contributed by atoms with E-state index in [0.717, 1.165) is 40.3 Å². The number of thiazole rings is 1. The molecule has 0 bridgehead atoms. The molecule has 0 spiro atoms. The van der Waals surface area contributed by atoms with Crippen molar-refractivity contribution in [3.8, 4) is 17.2 Å². The molecule has 0 saturated heterocycles. The molecule has 7 heteroatoms. The van der Waals surface area contributed by atoms with Crippen LogP contribution in [-0.4, -0.2) is 29.7 Å². The maximum Gasteiger partial charge on any atom is 0.274 e. The molecule has 3 aromatic carbocycles. The molecule has 0 unspecified atom stereocenters. The van der Waals surface area contributed by atoms with E-state index in [0.29, 0.717) is 22.7 Å². The Kier molecular flexibility index (Phi) is 5.95. The lowest BCUT2D eigenvalue weighted by Crippen LogP contribution is -2.22. The van der Waals surface area contributed by atoms with Gasteiger partial charge in [0.1, 0.15) is 17.2 Å². The Bertz CT molecular complexity index is 1510. The van der Waals surface area contributed by atoms with Crippen LogP contribution in [0.4, 0.5) is 0 Å². The highest BCUT2D eigenvalue weighted by atomic mass is 32.1. The molecule has 5 aromatic rings. The van der Waals surface area contributed by atoms with Crippen molar-refractivity contribution in [1.29, 1.82) is 0 Å². The molecule has 33 heavy (non-hydrogen) atoms. The van der Waals surface area contributed by atoms with Gasteiger partial charge in [0, 0.05) is 12.5 Å². The summed E-state index contributed by atoms with van der Waals surface area (Å²) in [4.78, 5) is 18.1. The fourth-order valence-electron chi connectivity index (χ4n) is 3.55. The zero-order valence-corrected chi connectivity index (χ0v) is 18.9. The minimum atomic E-state index is -0.0416. The summed E-state index contributed by atoms with van der Waals surface area (Å²) in [5.41, 5.74) is 2.57. The first-order valence-corrected chi connectivity index (χ1v) is 11.4. The zero-order chi connectivity index (χ0) is 22.6. The molecule has 2 aromatic heterocycles. The van der Waals surface area contributed by atoms with E-state index in [-0.39, 0.29) is 5.56 Å². The summed E-state index contributed by atoms with van der Waals surface area (Å²) in [5.74, 6) is 2.33. The summed E-state index contributed by atoms with van der Waals surface area (Å²) in [5, 5.41) is 0. The average Bonchev–Trinajstić information content (AvgIpc) is 3.36. The molecule has 0 fully saturated rings. The average molecular weight is 459 g/mol. The maximum absolute atomic E-state index is 12.9. The van der Waals surface area contributed by atoms with Crippen LogP contribution >= 0.6 is 11.3 Å². The molecule has 0 amide bonds. The molecule has 0 aliphatic carbocycles. The lowest BCUT2D eigenvalue weighted by Gasteiger charge is -2.09. The van der Waals surface area contributed by atoms with Crippen LogP contribution in [0.3, 0.4) is 0 Å². The first-order chi connectivity index (χ1) is 16.2. The van der Waals surface area contributed by atoms with Crippen LogP contribution in [0, 0.1) is 0 Å². The zero-order valence-electron chi connectivity index (χ0n) is 18.1. The lowest BCUT2D eigenvalue weighted by atomic mass is 10.2. The van der Waals surface area contributed by atoms with Gasteiger partial charge in [-0.05, 0) is 48.0 Å².